The van der Waals surface area contributed by atoms with E-state index in [-0.39, 0.29) is 0 Å². The van der Waals surface area contributed by atoms with E-state index in [0.717, 1.165) is 0 Å². The second-order valence-corrected chi connectivity index (χ2v) is 2.56. The zero-order chi connectivity index (χ0) is 10.4. The van der Waals surface area contributed by atoms with Gasteiger partial charge in [0.15, 0.2) is 6.10 Å². The van der Waals surface area contributed by atoms with Gasteiger partial charge in [-0.15, -0.1) is 0 Å². The Labute approximate surface area is 82.1 Å². The molecule has 1 heterocycles. The first-order chi connectivity index (χ1) is 6.74. The third-order valence-electron chi connectivity index (χ3n) is 1.46. The molecule has 5 nitrogen and oxygen atoms in total. The van der Waals surface area contributed by atoms with Gasteiger partial charge in [-0.1, -0.05) is 0 Å². The summed E-state index contributed by atoms with van der Waals surface area (Å²) < 4.78 is 9.94. The average molecular weight is 196 g/mol. The Hall–Kier alpha value is -1.65. The molecule has 0 radical (unpaired) electrons. The standard InChI is InChI=1S/C9H12N2O3/c1-3-13-9(12)7(2)14-8-6-10-4-5-11-8/h4-7H,3H2,1-2H3. The highest BCUT2D eigenvalue weighted by Gasteiger charge is 2.15. The van der Waals surface area contributed by atoms with Crippen molar-refractivity contribution in [3.05, 3.63) is 18.6 Å². The Balaban J connectivity index is 2.49. The van der Waals surface area contributed by atoms with E-state index in [9.17, 15) is 4.79 Å². The molecule has 0 amide bonds. The fourth-order valence-electron chi connectivity index (χ4n) is 0.835. The van der Waals surface area contributed by atoms with E-state index in [2.05, 4.69) is 9.97 Å². The second kappa shape index (κ2) is 5.16. The topological polar surface area (TPSA) is 61.3 Å². The van der Waals surface area contributed by atoms with Crippen molar-refractivity contribution in [2.75, 3.05) is 6.61 Å². The number of esters is 1. The quantitative estimate of drug-likeness (QED) is 0.667. The van der Waals surface area contributed by atoms with Crippen LogP contribution in [0.2, 0.25) is 0 Å². The lowest BCUT2D eigenvalue weighted by atomic mass is 10.4. The molecule has 0 N–H and O–H groups in total. The third kappa shape index (κ3) is 3.01. The molecule has 1 aromatic rings. The molecule has 5 heteroatoms. The van der Waals surface area contributed by atoms with Crippen LogP contribution < -0.4 is 4.74 Å². The molecule has 0 aliphatic heterocycles. The van der Waals surface area contributed by atoms with Crippen molar-refractivity contribution in [1.82, 2.24) is 9.97 Å². The van der Waals surface area contributed by atoms with Crippen molar-refractivity contribution in [2.45, 2.75) is 20.0 Å². The van der Waals surface area contributed by atoms with E-state index in [0.29, 0.717) is 12.5 Å². The molecule has 0 saturated carbocycles. The first kappa shape index (κ1) is 10.4. The molecule has 0 bridgehead atoms. The molecule has 1 rings (SSSR count). The lowest BCUT2D eigenvalue weighted by Crippen LogP contribution is -2.26. The summed E-state index contributed by atoms with van der Waals surface area (Å²) in [5, 5.41) is 0. The fourth-order valence-corrected chi connectivity index (χ4v) is 0.835. The van der Waals surface area contributed by atoms with Crippen molar-refractivity contribution >= 4 is 5.97 Å². The summed E-state index contributed by atoms with van der Waals surface area (Å²) in [6, 6.07) is 0. The van der Waals surface area contributed by atoms with Gasteiger partial charge in [0, 0.05) is 12.4 Å². The van der Waals surface area contributed by atoms with Crippen LogP contribution in [0.15, 0.2) is 18.6 Å². The van der Waals surface area contributed by atoms with Gasteiger partial charge in [-0.3, -0.25) is 4.98 Å². The van der Waals surface area contributed by atoms with E-state index < -0.39 is 12.1 Å². The predicted molar refractivity (Wildman–Crippen MR) is 48.8 cm³/mol. The van der Waals surface area contributed by atoms with E-state index in [4.69, 9.17) is 9.47 Å². The molecule has 0 saturated heterocycles. The van der Waals surface area contributed by atoms with Crippen molar-refractivity contribution in [3.8, 4) is 5.88 Å². The summed E-state index contributed by atoms with van der Waals surface area (Å²) in [6.07, 6.45) is 3.80. The maximum Gasteiger partial charge on any atom is 0.347 e. The average Bonchev–Trinajstić information content (AvgIpc) is 2.19. The van der Waals surface area contributed by atoms with Crippen molar-refractivity contribution in [3.63, 3.8) is 0 Å². The summed E-state index contributed by atoms with van der Waals surface area (Å²) in [5.41, 5.74) is 0. The molecule has 0 fully saturated rings. The Morgan fingerprint density at radius 1 is 1.57 bits per heavy atom. The summed E-state index contributed by atoms with van der Waals surface area (Å²) in [4.78, 5) is 18.8. The molecule has 0 spiro atoms. The molecule has 14 heavy (non-hydrogen) atoms. The lowest BCUT2D eigenvalue weighted by Gasteiger charge is -2.11. The van der Waals surface area contributed by atoms with Gasteiger partial charge in [0.25, 0.3) is 0 Å². The van der Waals surface area contributed by atoms with E-state index in [1.165, 1.54) is 18.6 Å². The van der Waals surface area contributed by atoms with Gasteiger partial charge >= 0.3 is 5.97 Å². The van der Waals surface area contributed by atoms with Crippen LogP contribution in [-0.2, 0) is 9.53 Å². The van der Waals surface area contributed by atoms with Crippen LogP contribution in [0.1, 0.15) is 13.8 Å². The van der Waals surface area contributed by atoms with Crippen molar-refractivity contribution in [1.29, 1.82) is 0 Å². The van der Waals surface area contributed by atoms with Crippen LogP contribution in [0.4, 0.5) is 0 Å². The van der Waals surface area contributed by atoms with E-state index in [1.54, 1.807) is 13.8 Å². The summed E-state index contributed by atoms with van der Waals surface area (Å²) in [5.74, 6) is -0.0915. The molecular formula is C9H12N2O3. The minimum Gasteiger partial charge on any atom is -0.463 e. The molecule has 0 aliphatic rings. The SMILES string of the molecule is CCOC(=O)C(C)Oc1cnccn1. The third-order valence-corrected chi connectivity index (χ3v) is 1.46. The molecule has 1 aromatic heterocycles. The maximum absolute atomic E-state index is 11.2. The molecular weight excluding hydrogens is 184 g/mol. The number of ether oxygens (including phenoxy) is 2. The van der Waals surface area contributed by atoms with Gasteiger partial charge in [-0.25, -0.2) is 9.78 Å². The number of nitrogens with zero attached hydrogens (tertiary/aromatic N) is 2. The minimum absolute atomic E-state index is 0.313. The van der Waals surface area contributed by atoms with Gasteiger partial charge in [-0.2, -0.15) is 0 Å². The van der Waals surface area contributed by atoms with Crippen LogP contribution in [0.3, 0.4) is 0 Å². The number of rotatable bonds is 4. The highest BCUT2D eigenvalue weighted by atomic mass is 16.6. The van der Waals surface area contributed by atoms with E-state index >= 15 is 0 Å². The number of carbonyl (C=O) groups excluding carboxylic acids is 1. The molecule has 0 aliphatic carbocycles. The van der Waals surface area contributed by atoms with Crippen molar-refractivity contribution in [2.24, 2.45) is 0 Å². The van der Waals surface area contributed by atoms with Crippen LogP contribution in [0.5, 0.6) is 5.88 Å². The predicted octanol–water partition coefficient (Wildman–Crippen LogP) is 0.807. The summed E-state index contributed by atoms with van der Waals surface area (Å²) >= 11 is 0. The Morgan fingerprint density at radius 2 is 2.36 bits per heavy atom. The monoisotopic (exact) mass is 196 g/mol. The van der Waals surface area contributed by atoms with Crippen LogP contribution in [0, 0.1) is 0 Å². The highest BCUT2D eigenvalue weighted by molar-refractivity contribution is 5.74. The molecule has 0 aromatic carbocycles. The number of carbonyl (C=O) groups is 1. The molecule has 1 unspecified atom stereocenters. The summed E-state index contributed by atoms with van der Waals surface area (Å²) in [7, 11) is 0. The molecule has 76 valence electrons. The Kier molecular flexibility index (Phi) is 3.84. The Bertz CT molecular complexity index is 289. The first-order valence-electron chi connectivity index (χ1n) is 4.33. The minimum atomic E-state index is -0.661. The largest absolute Gasteiger partial charge is 0.463 e. The fraction of sp³-hybridized carbons (Fsp3) is 0.444. The van der Waals surface area contributed by atoms with Gasteiger partial charge < -0.3 is 9.47 Å². The number of hydrogen-bond donors (Lipinski definition) is 0. The Morgan fingerprint density at radius 3 is 2.93 bits per heavy atom. The summed E-state index contributed by atoms with van der Waals surface area (Å²) in [6.45, 7) is 3.69. The first-order valence-corrected chi connectivity index (χ1v) is 4.33. The number of hydrogen-bond acceptors (Lipinski definition) is 5. The van der Waals surface area contributed by atoms with Crippen LogP contribution >= 0.6 is 0 Å². The van der Waals surface area contributed by atoms with E-state index in [1.807, 2.05) is 0 Å². The smallest absolute Gasteiger partial charge is 0.347 e. The van der Waals surface area contributed by atoms with Gasteiger partial charge in [0.1, 0.15) is 0 Å². The molecule has 1 atom stereocenters. The zero-order valence-corrected chi connectivity index (χ0v) is 8.14. The number of aromatic nitrogens is 2. The van der Waals surface area contributed by atoms with Gasteiger partial charge in [-0.05, 0) is 13.8 Å². The van der Waals surface area contributed by atoms with Gasteiger partial charge in [0.05, 0.1) is 12.8 Å². The normalized spacial score (nSPS) is 11.9. The van der Waals surface area contributed by atoms with Crippen LogP contribution in [0.25, 0.3) is 0 Å². The lowest BCUT2D eigenvalue weighted by molar-refractivity contribution is -0.150. The maximum atomic E-state index is 11.2. The second-order valence-electron chi connectivity index (χ2n) is 2.56. The van der Waals surface area contributed by atoms with Crippen LogP contribution in [-0.4, -0.2) is 28.6 Å². The zero-order valence-electron chi connectivity index (χ0n) is 8.14. The van der Waals surface area contributed by atoms with Crippen molar-refractivity contribution < 1.29 is 14.3 Å². The van der Waals surface area contributed by atoms with Gasteiger partial charge in [0.2, 0.25) is 5.88 Å². The highest BCUT2D eigenvalue weighted by Crippen LogP contribution is 2.05.